The molecule has 0 unspecified atom stereocenters. The van der Waals surface area contributed by atoms with Crippen LogP contribution >= 0.6 is 0 Å². The van der Waals surface area contributed by atoms with Crippen molar-refractivity contribution in [1.82, 2.24) is 15.3 Å². The zero-order valence-electron chi connectivity index (χ0n) is 11.5. The van der Waals surface area contributed by atoms with E-state index in [1.54, 1.807) is 18.5 Å². The van der Waals surface area contributed by atoms with Crippen molar-refractivity contribution < 1.29 is 4.79 Å². The first kappa shape index (κ1) is 14.0. The number of aromatic nitrogens is 2. The standard InChI is InChI=1S/C15H18N4O/c1-2-8-17-15(20)13-6-3-7-14(19-13)18-11-12-5-4-9-16-10-12/h3-7,9-10H,2,8,11H2,1H3,(H,17,20)(H,18,19). The molecule has 0 fully saturated rings. The molecule has 2 rings (SSSR count). The summed E-state index contributed by atoms with van der Waals surface area (Å²) in [6.07, 6.45) is 4.44. The highest BCUT2D eigenvalue weighted by molar-refractivity contribution is 5.92. The number of amides is 1. The fraction of sp³-hybridized carbons (Fsp3) is 0.267. The maximum Gasteiger partial charge on any atom is 0.269 e. The highest BCUT2D eigenvalue weighted by Crippen LogP contribution is 2.07. The van der Waals surface area contributed by atoms with E-state index in [-0.39, 0.29) is 5.91 Å². The normalized spacial score (nSPS) is 10.1. The average molecular weight is 270 g/mol. The molecule has 2 aromatic heterocycles. The van der Waals surface area contributed by atoms with Gasteiger partial charge in [0, 0.05) is 25.5 Å². The molecule has 5 heteroatoms. The van der Waals surface area contributed by atoms with E-state index < -0.39 is 0 Å². The quantitative estimate of drug-likeness (QED) is 0.844. The molecule has 0 aliphatic carbocycles. The molecule has 104 valence electrons. The minimum atomic E-state index is -0.142. The van der Waals surface area contributed by atoms with E-state index in [0.29, 0.717) is 24.6 Å². The van der Waals surface area contributed by atoms with E-state index in [4.69, 9.17) is 0 Å². The van der Waals surface area contributed by atoms with Gasteiger partial charge in [-0.2, -0.15) is 0 Å². The maximum absolute atomic E-state index is 11.8. The second-order valence-corrected chi connectivity index (χ2v) is 4.38. The topological polar surface area (TPSA) is 66.9 Å². The van der Waals surface area contributed by atoms with Crippen molar-refractivity contribution in [2.45, 2.75) is 19.9 Å². The number of nitrogens with one attached hydrogen (secondary N) is 2. The fourth-order valence-electron chi connectivity index (χ4n) is 1.68. The van der Waals surface area contributed by atoms with Gasteiger partial charge in [0.05, 0.1) is 0 Å². The molecule has 0 atom stereocenters. The largest absolute Gasteiger partial charge is 0.366 e. The molecule has 5 nitrogen and oxygen atoms in total. The van der Waals surface area contributed by atoms with Crippen LogP contribution in [0.3, 0.4) is 0 Å². The van der Waals surface area contributed by atoms with Gasteiger partial charge in [0.15, 0.2) is 0 Å². The highest BCUT2D eigenvalue weighted by Gasteiger charge is 2.06. The molecule has 0 bridgehead atoms. The minimum absolute atomic E-state index is 0.142. The van der Waals surface area contributed by atoms with Crippen molar-refractivity contribution >= 4 is 11.7 Å². The second-order valence-electron chi connectivity index (χ2n) is 4.38. The van der Waals surface area contributed by atoms with E-state index in [1.807, 2.05) is 31.2 Å². The third kappa shape index (κ3) is 4.05. The van der Waals surface area contributed by atoms with E-state index in [9.17, 15) is 4.79 Å². The Labute approximate surface area is 118 Å². The summed E-state index contributed by atoms with van der Waals surface area (Å²) >= 11 is 0. The summed E-state index contributed by atoms with van der Waals surface area (Å²) in [6, 6.07) is 9.24. The Morgan fingerprint density at radius 3 is 2.90 bits per heavy atom. The Kier molecular flexibility index (Phi) is 5.06. The van der Waals surface area contributed by atoms with E-state index in [2.05, 4.69) is 20.6 Å². The van der Waals surface area contributed by atoms with Crippen LogP contribution < -0.4 is 10.6 Å². The summed E-state index contributed by atoms with van der Waals surface area (Å²) in [7, 11) is 0. The smallest absolute Gasteiger partial charge is 0.269 e. The summed E-state index contributed by atoms with van der Waals surface area (Å²) in [5.74, 6) is 0.537. The lowest BCUT2D eigenvalue weighted by atomic mass is 10.3. The molecule has 2 aromatic rings. The zero-order chi connectivity index (χ0) is 14.2. The predicted molar refractivity (Wildman–Crippen MR) is 78.4 cm³/mol. The molecule has 0 aliphatic heterocycles. The Morgan fingerprint density at radius 1 is 1.25 bits per heavy atom. The molecule has 0 spiro atoms. The lowest BCUT2D eigenvalue weighted by Gasteiger charge is -2.07. The number of anilines is 1. The Hall–Kier alpha value is -2.43. The van der Waals surface area contributed by atoms with Crippen molar-refractivity contribution in [2.75, 3.05) is 11.9 Å². The molecule has 1 amide bonds. The summed E-state index contributed by atoms with van der Waals surface area (Å²) < 4.78 is 0. The number of hydrogen-bond donors (Lipinski definition) is 2. The zero-order valence-corrected chi connectivity index (χ0v) is 11.5. The molecule has 2 heterocycles. The summed E-state index contributed by atoms with van der Waals surface area (Å²) in [5, 5.41) is 5.99. The van der Waals surface area contributed by atoms with Crippen molar-refractivity contribution in [2.24, 2.45) is 0 Å². The average Bonchev–Trinajstić information content (AvgIpc) is 2.52. The van der Waals surface area contributed by atoms with Crippen LogP contribution in [-0.4, -0.2) is 22.4 Å². The minimum Gasteiger partial charge on any atom is -0.366 e. The summed E-state index contributed by atoms with van der Waals surface area (Å²) in [4.78, 5) is 20.2. The van der Waals surface area contributed by atoms with Gasteiger partial charge in [-0.3, -0.25) is 9.78 Å². The molecular formula is C15H18N4O. The maximum atomic E-state index is 11.8. The van der Waals surface area contributed by atoms with Gasteiger partial charge < -0.3 is 10.6 Å². The second kappa shape index (κ2) is 7.23. The van der Waals surface area contributed by atoms with Crippen molar-refractivity contribution in [3.63, 3.8) is 0 Å². The molecular weight excluding hydrogens is 252 g/mol. The first-order valence-electron chi connectivity index (χ1n) is 6.67. The monoisotopic (exact) mass is 270 g/mol. The highest BCUT2D eigenvalue weighted by atomic mass is 16.1. The van der Waals surface area contributed by atoms with Crippen LogP contribution in [0.5, 0.6) is 0 Å². The van der Waals surface area contributed by atoms with Gasteiger partial charge in [0.25, 0.3) is 5.91 Å². The first-order chi connectivity index (χ1) is 9.79. The Balaban J connectivity index is 1.97. The van der Waals surface area contributed by atoms with Crippen molar-refractivity contribution in [3.05, 3.63) is 54.0 Å². The van der Waals surface area contributed by atoms with Gasteiger partial charge in [-0.1, -0.05) is 19.1 Å². The van der Waals surface area contributed by atoms with Gasteiger partial charge in [0.2, 0.25) is 0 Å². The fourth-order valence-corrected chi connectivity index (χ4v) is 1.68. The number of carbonyl (C=O) groups excluding carboxylic acids is 1. The van der Waals surface area contributed by atoms with Crippen molar-refractivity contribution in [1.29, 1.82) is 0 Å². The third-order valence-electron chi connectivity index (χ3n) is 2.71. The van der Waals surface area contributed by atoms with E-state index in [1.165, 1.54) is 0 Å². The van der Waals surface area contributed by atoms with Gasteiger partial charge in [-0.15, -0.1) is 0 Å². The van der Waals surface area contributed by atoms with Gasteiger partial charge in [0.1, 0.15) is 11.5 Å². The molecule has 0 saturated carbocycles. The number of pyridine rings is 2. The van der Waals surface area contributed by atoms with Crippen LogP contribution in [0.15, 0.2) is 42.7 Å². The lowest BCUT2D eigenvalue weighted by Crippen LogP contribution is -2.25. The van der Waals surface area contributed by atoms with Crippen LogP contribution in [0, 0.1) is 0 Å². The molecule has 0 aromatic carbocycles. The molecule has 20 heavy (non-hydrogen) atoms. The molecule has 0 radical (unpaired) electrons. The SMILES string of the molecule is CCCNC(=O)c1cccc(NCc2cccnc2)n1. The summed E-state index contributed by atoms with van der Waals surface area (Å²) in [6.45, 7) is 3.30. The van der Waals surface area contributed by atoms with Crippen LogP contribution in [0.1, 0.15) is 29.4 Å². The van der Waals surface area contributed by atoms with E-state index >= 15 is 0 Å². The summed E-state index contributed by atoms with van der Waals surface area (Å²) in [5.41, 5.74) is 1.49. The number of carbonyl (C=O) groups is 1. The Morgan fingerprint density at radius 2 is 2.15 bits per heavy atom. The number of hydrogen-bond acceptors (Lipinski definition) is 4. The number of rotatable bonds is 6. The van der Waals surface area contributed by atoms with E-state index in [0.717, 1.165) is 12.0 Å². The first-order valence-corrected chi connectivity index (χ1v) is 6.67. The number of nitrogens with zero attached hydrogens (tertiary/aromatic N) is 2. The van der Waals surface area contributed by atoms with Crippen LogP contribution in [0.2, 0.25) is 0 Å². The molecule has 0 aliphatic rings. The third-order valence-corrected chi connectivity index (χ3v) is 2.71. The molecule has 2 N–H and O–H groups in total. The lowest BCUT2D eigenvalue weighted by molar-refractivity contribution is 0.0949. The van der Waals surface area contributed by atoms with Gasteiger partial charge in [-0.05, 0) is 30.2 Å². The van der Waals surface area contributed by atoms with Gasteiger partial charge in [-0.25, -0.2) is 4.98 Å². The molecule has 0 saturated heterocycles. The van der Waals surface area contributed by atoms with Crippen LogP contribution in [-0.2, 0) is 6.54 Å². The Bertz CT molecular complexity index is 557. The van der Waals surface area contributed by atoms with Crippen LogP contribution in [0.4, 0.5) is 5.82 Å². The predicted octanol–water partition coefficient (Wildman–Crippen LogP) is 2.23. The van der Waals surface area contributed by atoms with Crippen molar-refractivity contribution in [3.8, 4) is 0 Å². The van der Waals surface area contributed by atoms with Gasteiger partial charge >= 0.3 is 0 Å². The van der Waals surface area contributed by atoms with Crippen LogP contribution in [0.25, 0.3) is 0 Å².